The van der Waals surface area contributed by atoms with Crippen molar-refractivity contribution in [1.82, 2.24) is 4.98 Å². The second-order valence-electron chi connectivity index (χ2n) is 3.74. The highest BCUT2D eigenvalue weighted by atomic mass is 79.9. The number of alkyl halides is 1. The van der Waals surface area contributed by atoms with E-state index in [0.717, 1.165) is 11.3 Å². The molecule has 0 spiro atoms. The van der Waals surface area contributed by atoms with Gasteiger partial charge in [-0.1, -0.05) is 22.0 Å². The molecule has 1 aromatic carbocycles. The predicted molar refractivity (Wildman–Crippen MR) is 73.2 cm³/mol. The van der Waals surface area contributed by atoms with Gasteiger partial charge in [-0.15, -0.1) is 0 Å². The highest BCUT2D eigenvalue weighted by Gasteiger charge is 2.18. The second kappa shape index (κ2) is 5.78. The van der Waals surface area contributed by atoms with Crippen LogP contribution in [-0.2, 0) is 0 Å². The summed E-state index contributed by atoms with van der Waals surface area (Å²) >= 11 is 3.40. The molecule has 0 bridgehead atoms. The minimum absolute atomic E-state index is 0.00523. The van der Waals surface area contributed by atoms with Crippen molar-refractivity contribution >= 4 is 21.7 Å². The molecular weight excluding hydrogens is 294 g/mol. The molecule has 0 aliphatic carbocycles. The Morgan fingerprint density at radius 2 is 2.00 bits per heavy atom. The van der Waals surface area contributed by atoms with E-state index in [1.54, 1.807) is 43.8 Å². The van der Waals surface area contributed by atoms with Crippen molar-refractivity contribution < 1.29 is 9.53 Å². The number of hydrogen-bond acceptors (Lipinski definition) is 3. The monoisotopic (exact) mass is 305 g/mol. The summed E-state index contributed by atoms with van der Waals surface area (Å²) < 4.78 is 5.06. The minimum Gasteiger partial charge on any atom is -0.497 e. The van der Waals surface area contributed by atoms with E-state index in [-0.39, 0.29) is 10.6 Å². The van der Waals surface area contributed by atoms with Gasteiger partial charge in [0.15, 0.2) is 5.78 Å². The maximum Gasteiger partial charge on any atom is 0.180 e. The van der Waals surface area contributed by atoms with Crippen LogP contribution in [0.3, 0.4) is 0 Å². The van der Waals surface area contributed by atoms with E-state index < -0.39 is 0 Å². The Hall–Kier alpha value is -1.68. The van der Waals surface area contributed by atoms with E-state index in [4.69, 9.17) is 4.74 Å². The Bertz CT molecular complexity index is 525. The molecule has 2 aromatic rings. The highest BCUT2D eigenvalue weighted by molar-refractivity contribution is 9.09. The van der Waals surface area contributed by atoms with Gasteiger partial charge in [-0.25, -0.2) is 0 Å². The van der Waals surface area contributed by atoms with Gasteiger partial charge in [-0.2, -0.15) is 0 Å². The first kappa shape index (κ1) is 12.8. The number of nitrogens with zero attached hydrogens (tertiary/aromatic N) is 1. The van der Waals surface area contributed by atoms with Crippen LogP contribution in [0, 0.1) is 0 Å². The third kappa shape index (κ3) is 2.76. The predicted octanol–water partition coefficient (Wildman–Crippen LogP) is 3.41. The standard InChI is InChI=1S/C14H12BrNO2/c1-18-12-6-4-10(5-7-12)14(17)13(15)11-3-2-8-16-9-11/h2-9,13H,1H3/t13-/m1/s1. The number of rotatable bonds is 4. The van der Waals surface area contributed by atoms with Crippen molar-refractivity contribution in [3.05, 3.63) is 59.9 Å². The van der Waals surface area contributed by atoms with Crippen molar-refractivity contribution in [1.29, 1.82) is 0 Å². The number of ether oxygens (including phenoxy) is 1. The van der Waals surface area contributed by atoms with Crippen LogP contribution in [0.15, 0.2) is 48.8 Å². The molecule has 0 fully saturated rings. The molecule has 0 N–H and O–H groups in total. The van der Waals surface area contributed by atoms with Gasteiger partial charge in [0.25, 0.3) is 0 Å². The first-order valence-electron chi connectivity index (χ1n) is 5.44. The molecule has 0 aliphatic rings. The molecule has 3 nitrogen and oxygen atoms in total. The van der Waals surface area contributed by atoms with Gasteiger partial charge in [0.2, 0.25) is 0 Å². The molecule has 0 saturated heterocycles. The molecule has 18 heavy (non-hydrogen) atoms. The average Bonchev–Trinajstić information content (AvgIpc) is 2.47. The van der Waals surface area contributed by atoms with Crippen LogP contribution in [0.5, 0.6) is 5.75 Å². The lowest BCUT2D eigenvalue weighted by molar-refractivity contribution is 0.0991. The van der Waals surface area contributed by atoms with Crippen LogP contribution >= 0.6 is 15.9 Å². The number of benzene rings is 1. The highest BCUT2D eigenvalue weighted by Crippen LogP contribution is 2.27. The lowest BCUT2D eigenvalue weighted by atomic mass is 10.0. The number of carbonyl (C=O) groups excluding carboxylic acids is 1. The Labute approximate surface area is 114 Å². The van der Waals surface area contributed by atoms with Gasteiger partial charge in [0, 0.05) is 18.0 Å². The molecule has 0 radical (unpaired) electrons. The molecule has 1 heterocycles. The Kier molecular flexibility index (Phi) is 4.10. The van der Waals surface area contributed by atoms with Crippen LogP contribution in [0.1, 0.15) is 20.7 Å². The SMILES string of the molecule is COc1ccc(C(=O)[C@H](Br)c2cccnc2)cc1. The van der Waals surface area contributed by atoms with Gasteiger partial charge >= 0.3 is 0 Å². The average molecular weight is 306 g/mol. The molecule has 92 valence electrons. The summed E-state index contributed by atoms with van der Waals surface area (Å²) in [6.07, 6.45) is 3.36. The van der Waals surface area contributed by atoms with Crippen molar-refractivity contribution in [2.45, 2.75) is 4.83 Å². The summed E-state index contributed by atoms with van der Waals surface area (Å²) in [6, 6.07) is 10.7. The fourth-order valence-electron chi connectivity index (χ4n) is 1.58. The lowest BCUT2D eigenvalue weighted by Gasteiger charge is -2.09. The summed E-state index contributed by atoms with van der Waals surface area (Å²) in [4.78, 5) is 15.9. The van der Waals surface area contributed by atoms with E-state index in [9.17, 15) is 4.79 Å². The van der Waals surface area contributed by atoms with Gasteiger partial charge in [0.05, 0.1) is 7.11 Å². The first-order valence-corrected chi connectivity index (χ1v) is 6.36. The van der Waals surface area contributed by atoms with E-state index >= 15 is 0 Å². The van der Waals surface area contributed by atoms with E-state index in [1.807, 2.05) is 12.1 Å². The summed E-state index contributed by atoms with van der Waals surface area (Å²) in [5, 5.41) is 0. The van der Waals surface area contributed by atoms with Gasteiger partial charge < -0.3 is 4.74 Å². The fourth-order valence-corrected chi connectivity index (χ4v) is 2.11. The number of Topliss-reactive ketones (excluding diaryl/α,β-unsaturated/α-hetero) is 1. The summed E-state index contributed by atoms with van der Waals surface area (Å²) in [7, 11) is 1.60. The molecule has 0 saturated carbocycles. The zero-order valence-corrected chi connectivity index (χ0v) is 11.4. The minimum atomic E-state index is -0.375. The third-order valence-electron chi connectivity index (χ3n) is 2.58. The quantitative estimate of drug-likeness (QED) is 0.642. The number of aromatic nitrogens is 1. The molecule has 0 aliphatic heterocycles. The van der Waals surface area contributed by atoms with E-state index in [0.29, 0.717) is 5.56 Å². The van der Waals surface area contributed by atoms with E-state index in [1.165, 1.54) is 0 Å². The Morgan fingerprint density at radius 1 is 1.28 bits per heavy atom. The first-order chi connectivity index (χ1) is 8.72. The molecule has 2 rings (SSSR count). The molecule has 1 atom stereocenters. The summed E-state index contributed by atoms with van der Waals surface area (Å²) in [5.41, 5.74) is 1.49. The number of hydrogen-bond donors (Lipinski definition) is 0. The molecule has 1 aromatic heterocycles. The number of halogens is 1. The zero-order valence-electron chi connectivity index (χ0n) is 9.84. The maximum absolute atomic E-state index is 12.2. The van der Waals surface area contributed by atoms with E-state index in [2.05, 4.69) is 20.9 Å². The second-order valence-corrected chi connectivity index (χ2v) is 4.66. The smallest absolute Gasteiger partial charge is 0.180 e. The molecule has 0 amide bonds. The van der Waals surface area contributed by atoms with Gasteiger partial charge in [-0.05, 0) is 35.9 Å². The number of carbonyl (C=O) groups is 1. The molecule has 4 heteroatoms. The zero-order chi connectivity index (χ0) is 13.0. The number of methoxy groups -OCH3 is 1. The molecule has 0 unspecified atom stereocenters. The number of ketones is 1. The van der Waals surface area contributed by atoms with Crippen LogP contribution in [0.2, 0.25) is 0 Å². The fraction of sp³-hybridized carbons (Fsp3) is 0.143. The van der Waals surface area contributed by atoms with Crippen LogP contribution in [0.4, 0.5) is 0 Å². The van der Waals surface area contributed by atoms with Gasteiger partial charge in [0.1, 0.15) is 10.6 Å². The largest absolute Gasteiger partial charge is 0.497 e. The Balaban J connectivity index is 2.20. The van der Waals surface area contributed by atoms with Crippen molar-refractivity contribution in [2.75, 3.05) is 7.11 Å². The topological polar surface area (TPSA) is 39.2 Å². The van der Waals surface area contributed by atoms with Crippen LogP contribution in [0.25, 0.3) is 0 Å². The molecular formula is C14H12BrNO2. The van der Waals surface area contributed by atoms with Crippen molar-refractivity contribution in [2.24, 2.45) is 0 Å². The third-order valence-corrected chi connectivity index (χ3v) is 3.53. The van der Waals surface area contributed by atoms with Crippen molar-refractivity contribution in [3.63, 3.8) is 0 Å². The van der Waals surface area contributed by atoms with Crippen LogP contribution in [-0.4, -0.2) is 17.9 Å². The number of pyridine rings is 1. The van der Waals surface area contributed by atoms with Gasteiger partial charge in [-0.3, -0.25) is 9.78 Å². The van der Waals surface area contributed by atoms with Crippen LogP contribution < -0.4 is 4.74 Å². The summed E-state index contributed by atoms with van der Waals surface area (Å²) in [6.45, 7) is 0. The van der Waals surface area contributed by atoms with Crippen molar-refractivity contribution in [3.8, 4) is 5.75 Å². The summed E-state index contributed by atoms with van der Waals surface area (Å²) in [5.74, 6) is 0.740. The normalized spacial score (nSPS) is 11.9. The lowest BCUT2D eigenvalue weighted by Crippen LogP contribution is -2.07. The Morgan fingerprint density at radius 3 is 2.56 bits per heavy atom. The maximum atomic E-state index is 12.2.